The van der Waals surface area contributed by atoms with Crippen molar-refractivity contribution in [2.24, 2.45) is 0 Å². The zero-order chi connectivity index (χ0) is 18.0. The van der Waals surface area contributed by atoms with E-state index in [2.05, 4.69) is 42.0 Å². The van der Waals surface area contributed by atoms with Crippen LogP contribution in [0.25, 0.3) is 22.2 Å². The van der Waals surface area contributed by atoms with Crippen molar-refractivity contribution in [2.45, 2.75) is 45.8 Å². The molecule has 8 heteroatoms. The van der Waals surface area contributed by atoms with Gasteiger partial charge in [-0.1, -0.05) is 49.4 Å². The molecule has 6 nitrogen and oxygen atoms in total. The number of aromatic nitrogens is 5. The largest absolute Gasteiger partial charge is 0.360 e. The number of hydrogen-bond donors (Lipinski definition) is 1. The van der Waals surface area contributed by atoms with E-state index in [0.29, 0.717) is 11.8 Å². The molecule has 0 bridgehead atoms. The maximum absolute atomic E-state index is 6.50. The third-order valence-electron chi connectivity index (χ3n) is 4.17. The Balaban J connectivity index is 1.96. The van der Waals surface area contributed by atoms with Crippen LogP contribution in [0, 0.1) is 0 Å². The molecule has 2 aromatic heterocycles. The lowest BCUT2D eigenvalue weighted by Crippen LogP contribution is -2.22. The molecule has 3 aromatic rings. The van der Waals surface area contributed by atoms with Gasteiger partial charge in [-0.25, -0.2) is 4.68 Å². The van der Waals surface area contributed by atoms with Gasteiger partial charge in [-0.2, -0.15) is 5.10 Å². The number of rotatable bonds is 7. The fourth-order valence-electron chi connectivity index (χ4n) is 2.78. The molecule has 0 aliphatic rings. The smallest absolute Gasteiger partial charge is 0.140 e. The van der Waals surface area contributed by atoms with Gasteiger partial charge in [-0.15, -0.1) is 5.10 Å². The lowest BCUT2D eigenvalue weighted by molar-refractivity contribution is 0.0814. The van der Waals surface area contributed by atoms with Gasteiger partial charge in [-0.05, 0) is 18.5 Å². The summed E-state index contributed by atoms with van der Waals surface area (Å²) in [6.45, 7) is 10.3. The van der Waals surface area contributed by atoms with Crippen LogP contribution in [0.2, 0.25) is 30.7 Å². The molecule has 0 saturated heterocycles. The monoisotopic (exact) mass is 377 g/mol. The Morgan fingerprint density at radius 3 is 2.72 bits per heavy atom. The van der Waals surface area contributed by atoms with Crippen molar-refractivity contribution >= 4 is 30.6 Å². The first-order chi connectivity index (χ1) is 11.9. The summed E-state index contributed by atoms with van der Waals surface area (Å²) in [6.07, 6.45) is 2.53. The summed E-state index contributed by atoms with van der Waals surface area (Å²) >= 11 is 6.50. The summed E-state index contributed by atoms with van der Waals surface area (Å²) in [5, 5.41) is 17.1. The minimum Gasteiger partial charge on any atom is -0.360 e. The van der Waals surface area contributed by atoms with E-state index >= 15 is 0 Å². The minimum atomic E-state index is -1.11. The maximum atomic E-state index is 6.50. The zero-order valence-corrected chi connectivity index (χ0v) is 16.9. The van der Waals surface area contributed by atoms with Crippen molar-refractivity contribution < 1.29 is 4.74 Å². The molecule has 0 amide bonds. The molecule has 0 radical (unpaired) electrons. The highest BCUT2D eigenvalue weighted by Crippen LogP contribution is 2.34. The van der Waals surface area contributed by atoms with Gasteiger partial charge >= 0.3 is 0 Å². The van der Waals surface area contributed by atoms with Gasteiger partial charge in [0.1, 0.15) is 6.73 Å². The molecule has 1 N–H and O–H groups in total. The zero-order valence-electron chi connectivity index (χ0n) is 15.1. The van der Waals surface area contributed by atoms with Crippen LogP contribution in [0.15, 0.2) is 18.3 Å². The summed E-state index contributed by atoms with van der Waals surface area (Å²) in [6, 6.07) is 5.00. The molecule has 0 saturated carbocycles. The van der Waals surface area contributed by atoms with Crippen molar-refractivity contribution in [1.29, 1.82) is 0 Å². The van der Waals surface area contributed by atoms with Crippen molar-refractivity contribution in [2.75, 3.05) is 6.61 Å². The van der Waals surface area contributed by atoms with Crippen LogP contribution < -0.4 is 0 Å². The Labute approximate surface area is 153 Å². The third kappa shape index (κ3) is 3.94. The van der Waals surface area contributed by atoms with E-state index in [1.807, 2.05) is 16.8 Å². The number of hydrogen-bond acceptors (Lipinski definition) is 4. The Morgan fingerprint density at radius 1 is 1.28 bits per heavy atom. The number of fused-ring (bicyclic) bond motifs is 1. The maximum Gasteiger partial charge on any atom is 0.140 e. The first kappa shape index (κ1) is 18.1. The van der Waals surface area contributed by atoms with E-state index in [1.165, 1.54) is 0 Å². The topological polar surface area (TPSA) is 68.6 Å². The molecule has 0 spiro atoms. The average Bonchev–Trinajstić information content (AvgIpc) is 3.19. The third-order valence-corrected chi connectivity index (χ3v) is 6.18. The van der Waals surface area contributed by atoms with Crippen molar-refractivity contribution in [1.82, 2.24) is 25.2 Å². The predicted molar refractivity (Wildman–Crippen MR) is 104 cm³/mol. The second-order valence-electron chi connectivity index (χ2n) is 7.34. The van der Waals surface area contributed by atoms with Crippen molar-refractivity contribution in [3.63, 3.8) is 0 Å². The van der Waals surface area contributed by atoms with Crippen LogP contribution in [0.3, 0.4) is 0 Å². The summed E-state index contributed by atoms with van der Waals surface area (Å²) in [5.74, 6) is 0. The van der Waals surface area contributed by atoms with Gasteiger partial charge in [-0.3, -0.25) is 5.10 Å². The Morgan fingerprint density at radius 2 is 2.08 bits per heavy atom. The fourth-order valence-corrected chi connectivity index (χ4v) is 3.79. The van der Waals surface area contributed by atoms with Crippen LogP contribution in [0.5, 0.6) is 0 Å². The van der Waals surface area contributed by atoms with E-state index in [1.54, 1.807) is 6.20 Å². The van der Waals surface area contributed by atoms with Gasteiger partial charge in [0.25, 0.3) is 0 Å². The molecule has 1 aromatic carbocycles. The average molecular weight is 378 g/mol. The highest BCUT2D eigenvalue weighted by molar-refractivity contribution is 6.76. The second kappa shape index (κ2) is 7.27. The number of benzene rings is 1. The van der Waals surface area contributed by atoms with Crippen LogP contribution in [0.4, 0.5) is 0 Å². The standard InChI is InChI=1S/C17H24ClN5OSi/c1-5-14-16-12(15-10-19-22-20-15)6-7-13(18)17(16)23(21-14)11-24-8-9-25(2,3)4/h6-7,10H,5,8-9,11H2,1-4H3,(H,19,20,22). The van der Waals surface area contributed by atoms with Gasteiger partial charge in [0.15, 0.2) is 0 Å². The Hall–Kier alpha value is -1.70. The Bertz CT molecular complexity index is 854. The molecular weight excluding hydrogens is 354 g/mol. The van der Waals surface area contributed by atoms with Crippen LogP contribution in [-0.2, 0) is 17.9 Å². The molecule has 0 aliphatic heterocycles. The van der Waals surface area contributed by atoms with E-state index in [4.69, 9.17) is 21.4 Å². The van der Waals surface area contributed by atoms with E-state index < -0.39 is 8.07 Å². The summed E-state index contributed by atoms with van der Waals surface area (Å²) in [4.78, 5) is 0. The normalized spacial score (nSPS) is 12.2. The molecular formula is C17H24ClN5OSi. The highest BCUT2D eigenvalue weighted by Gasteiger charge is 2.18. The summed E-state index contributed by atoms with van der Waals surface area (Å²) in [7, 11) is -1.11. The number of ether oxygens (including phenoxy) is 1. The number of aromatic amines is 1. The van der Waals surface area contributed by atoms with E-state index in [-0.39, 0.29) is 0 Å². The number of nitrogens with zero attached hydrogens (tertiary/aromatic N) is 4. The summed E-state index contributed by atoms with van der Waals surface area (Å²) in [5.41, 5.74) is 3.76. The van der Waals surface area contributed by atoms with Crippen molar-refractivity contribution in [3.05, 3.63) is 29.0 Å². The van der Waals surface area contributed by atoms with E-state index in [0.717, 1.165) is 46.9 Å². The van der Waals surface area contributed by atoms with Crippen LogP contribution in [0.1, 0.15) is 12.6 Å². The fraction of sp³-hybridized carbons (Fsp3) is 0.471. The predicted octanol–water partition coefficient (Wildman–Crippen LogP) is 4.35. The van der Waals surface area contributed by atoms with Crippen LogP contribution in [-0.4, -0.2) is 39.9 Å². The van der Waals surface area contributed by atoms with Gasteiger partial charge < -0.3 is 4.74 Å². The molecule has 25 heavy (non-hydrogen) atoms. The number of H-pyrrole nitrogens is 1. The molecule has 2 heterocycles. The molecule has 0 atom stereocenters. The second-order valence-corrected chi connectivity index (χ2v) is 13.4. The minimum absolute atomic E-state index is 0.408. The van der Waals surface area contributed by atoms with E-state index in [9.17, 15) is 0 Å². The first-order valence-corrected chi connectivity index (χ1v) is 12.6. The molecule has 0 fully saturated rings. The van der Waals surface area contributed by atoms with Gasteiger partial charge in [0, 0.05) is 25.6 Å². The quantitative estimate of drug-likeness (QED) is 0.491. The molecule has 0 aliphatic carbocycles. The molecule has 0 unspecified atom stereocenters. The summed E-state index contributed by atoms with van der Waals surface area (Å²) < 4.78 is 7.76. The molecule has 3 rings (SSSR count). The van der Waals surface area contributed by atoms with Crippen LogP contribution >= 0.6 is 11.6 Å². The number of halogens is 1. The first-order valence-electron chi connectivity index (χ1n) is 8.53. The number of aryl methyl sites for hydroxylation is 1. The molecule has 134 valence electrons. The Kier molecular flexibility index (Phi) is 5.26. The lowest BCUT2D eigenvalue weighted by atomic mass is 10.0. The number of nitrogens with one attached hydrogen (secondary N) is 1. The highest BCUT2D eigenvalue weighted by atomic mass is 35.5. The lowest BCUT2D eigenvalue weighted by Gasteiger charge is -2.15. The SMILES string of the molecule is CCc1nn(COCC[Si](C)(C)C)c2c(Cl)ccc(-c3cnn[nH]3)c12. The van der Waals surface area contributed by atoms with Gasteiger partial charge in [0.2, 0.25) is 0 Å². The van der Waals surface area contributed by atoms with Crippen molar-refractivity contribution in [3.8, 4) is 11.3 Å². The van der Waals surface area contributed by atoms with Gasteiger partial charge in [0.05, 0.1) is 28.1 Å².